The Morgan fingerprint density at radius 1 is 1.25 bits per heavy atom. The van der Waals surface area contributed by atoms with Crippen molar-refractivity contribution in [3.05, 3.63) is 29.8 Å². The second kappa shape index (κ2) is 7.92. The smallest absolute Gasteiger partial charge is 0.446 e. The van der Waals surface area contributed by atoms with E-state index in [2.05, 4.69) is 0 Å². The van der Waals surface area contributed by atoms with Crippen LogP contribution in [0.5, 0.6) is 0 Å². The molecule has 1 amide bonds. The van der Waals surface area contributed by atoms with E-state index in [1.807, 2.05) is 0 Å². The lowest BCUT2D eigenvalue weighted by atomic mass is 10.2. The molecule has 0 heterocycles. The minimum absolute atomic E-state index is 0.0122. The van der Waals surface area contributed by atoms with Crippen molar-refractivity contribution >= 4 is 23.6 Å². The number of esters is 1. The van der Waals surface area contributed by atoms with Gasteiger partial charge in [0.2, 0.25) is 0 Å². The Balaban J connectivity index is 2.05. The molecule has 0 N–H and O–H groups in total. The van der Waals surface area contributed by atoms with Crippen LogP contribution in [0, 0.1) is 5.92 Å². The average molecular weight is 361 g/mol. The summed E-state index contributed by atoms with van der Waals surface area (Å²) < 4.78 is 41.9. The highest BCUT2D eigenvalue weighted by molar-refractivity contribution is 8.00. The van der Waals surface area contributed by atoms with E-state index in [1.54, 1.807) is 6.92 Å². The van der Waals surface area contributed by atoms with Crippen molar-refractivity contribution in [3.63, 3.8) is 0 Å². The lowest BCUT2D eigenvalue weighted by molar-refractivity contribution is -0.143. The number of ether oxygens (including phenoxy) is 1. The third kappa shape index (κ3) is 6.07. The Labute approximate surface area is 142 Å². The van der Waals surface area contributed by atoms with Gasteiger partial charge in [-0.25, -0.2) is 0 Å². The van der Waals surface area contributed by atoms with Gasteiger partial charge in [-0.1, -0.05) is 0 Å². The summed E-state index contributed by atoms with van der Waals surface area (Å²) >= 11 is -0.232. The molecular formula is C16H18F3NO3S. The van der Waals surface area contributed by atoms with E-state index in [0.29, 0.717) is 12.5 Å². The van der Waals surface area contributed by atoms with Crippen LogP contribution in [0.4, 0.5) is 13.2 Å². The maximum Gasteiger partial charge on any atom is 0.446 e. The summed E-state index contributed by atoms with van der Waals surface area (Å²) in [5, 5.41) is 0. The number of rotatable bonds is 7. The topological polar surface area (TPSA) is 46.6 Å². The highest BCUT2D eigenvalue weighted by Crippen LogP contribution is 2.36. The van der Waals surface area contributed by atoms with E-state index < -0.39 is 11.5 Å². The molecule has 0 saturated heterocycles. The van der Waals surface area contributed by atoms with Gasteiger partial charge < -0.3 is 9.64 Å². The molecule has 132 valence electrons. The van der Waals surface area contributed by atoms with Gasteiger partial charge in [-0.15, -0.1) is 0 Å². The summed E-state index contributed by atoms with van der Waals surface area (Å²) in [5.74, 6) is -0.488. The Morgan fingerprint density at radius 2 is 1.88 bits per heavy atom. The van der Waals surface area contributed by atoms with Crippen molar-refractivity contribution in [1.29, 1.82) is 0 Å². The van der Waals surface area contributed by atoms with Crippen LogP contribution in [0.2, 0.25) is 0 Å². The zero-order valence-corrected chi connectivity index (χ0v) is 14.0. The highest BCUT2D eigenvalue weighted by Gasteiger charge is 2.30. The molecule has 8 heteroatoms. The van der Waals surface area contributed by atoms with Gasteiger partial charge in [0.1, 0.15) is 6.54 Å². The van der Waals surface area contributed by atoms with Crippen LogP contribution in [0.25, 0.3) is 0 Å². The minimum Gasteiger partial charge on any atom is -0.465 e. The molecule has 0 aromatic heterocycles. The molecule has 1 fully saturated rings. The third-order valence-corrected chi connectivity index (χ3v) is 4.16. The van der Waals surface area contributed by atoms with Crippen LogP contribution < -0.4 is 0 Å². The summed E-state index contributed by atoms with van der Waals surface area (Å²) in [6, 6.07) is 5.21. The molecular weight excluding hydrogens is 343 g/mol. The summed E-state index contributed by atoms with van der Waals surface area (Å²) in [6.07, 6.45) is 2.02. The summed E-state index contributed by atoms with van der Waals surface area (Å²) in [7, 11) is 0. The van der Waals surface area contributed by atoms with Gasteiger partial charge in [0.05, 0.1) is 6.61 Å². The Kier molecular flexibility index (Phi) is 6.15. The predicted molar refractivity (Wildman–Crippen MR) is 83.6 cm³/mol. The first-order valence-corrected chi connectivity index (χ1v) is 8.41. The van der Waals surface area contributed by atoms with Crippen molar-refractivity contribution in [1.82, 2.24) is 4.90 Å². The number of alkyl halides is 3. The first-order chi connectivity index (χ1) is 11.3. The first kappa shape index (κ1) is 18.6. The van der Waals surface area contributed by atoms with Gasteiger partial charge in [-0.3, -0.25) is 9.59 Å². The van der Waals surface area contributed by atoms with Gasteiger partial charge in [-0.05, 0) is 61.7 Å². The average Bonchev–Trinajstić information content (AvgIpc) is 3.29. The summed E-state index contributed by atoms with van der Waals surface area (Å²) in [5.41, 5.74) is -4.11. The Hall–Kier alpha value is -1.70. The second-order valence-corrected chi connectivity index (χ2v) is 6.64. The molecule has 1 aliphatic carbocycles. The Morgan fingerprint density at radius 3 is 2.38 bits per heavy atom. The summed E-state index contributed by atoms with van der Waals surface area (Å²) in [4.78, 5) is 25.6. The number of nitrogens with zero attached hydrogens (tertiary/aromatic N) is 1. The van der Waals surface area contributed by atoms with Crippen LogP contribution in [0.15, 0.2) is 29.2 Å². The molecule has 1 saturated carbocycles. The molecule has 0 bridgehead atoms. The van der Waals surface area contributed by atoms with Gasteiger partial charge in [0.15, 0.2) is 0 Å². The van der Waals surface area contributed by atoms with Crippen LogP contribution in [-0.2, 0) is 9.53 Å². The standard InChI is InChI=1S/C16H18F3NO3S/c1-2-23-14(21)10-20(9-11-3-4-11)15(22)12-5-7-13(8-6-12)24-16(17,18)19/h5-8,11H,2-4,9-10H2,1H3. The van der Waals surface area contributed by atoms with Gasteiger partial charge in [0.25, 0.3) is 5.91 Å². The lowest BCUT2D eigenvalue weighted by Gasteiger charge is -2.21. The maximum absolute atomic E-state index is 12.5. The lowest BCUT2D eigenvalue weighted by Crippen LogP contribution is -2.38. The van der Waals surface area contributed by atoms with Crippen molar-refractivity contribution in [2.24, 2.45) is 5.92 Å². The SMILES string of the molecule is CCOC(=O)CN(CC1CC1)C(=O)c1ccc(SC(F)(F)F)cc1. The largest absolute Gasteiger partial charge is 0.465 e. The van der Waals surface area contributed by atoms with Crippen LogP contribution >= 0.6 is 11.8 Å². The number of carbonyl (C=O) groups excluding carboxylic acids is 2. The zero-order valence-electron chi connectivity index (χ0n) is 13.1. The fourth-order valence-corrected chi connectivity index (χ4v) is 2.72. The summed E-state index contributed by atoms with van der Waals surface area (Å²) in [6.45, 7) is 2.22. The van der Waals surface area contributed by atoms with Crippen molar-refractivity contribution in [3.8, 4) is 0 Å². The molecule has 4 nitrogen and oxygen atoms in total. The van der Waals surface area contributed by atoms with Crippen molar-refractivity contribution in [2.75, 3.05) is 19.7 Å². The quantitative estimate of drug-likeness (QED) is 0.549. The molecule has 0 spiro atoms. The first-order valence-electron chi connectivity index (χ1n) is 7.59. The molecule has 0 aliphatic heterocycles. The molecule has 0 unspecified atom stereocenters. The van der Waals surface area contributed by atoms with Gasteiger partial charge in [-0.2, -0.15) is 13.2 Å². The van der Waals surface area contributed by atoms with E-state index in [-0.39, 0.29) is 41.3 Å². The number of hydrogen-bond acceptors (Lipinski definition) is 4. The number of halogens is 3. The van der Waals surface area contributed by atoms with E-state index >= 15 is 0 Å². The van der Waals surface area contributed by atoms with E-state index in [1.165, 1.54) is 29.2 Å². The molecule has 0 radical (unpaired) electrons. The molecule has 0 atom stereocenters. The number of benzene rings is 1. The van der Waals surface area contributed by atoms with Crippen molar-refractivity contribution in [2.45, 2.75) is 30.2 Å². The number of thioether (sulfide) groups is 1. The molecule has 1 aliphatic rings. The Bertz CT molecular complexity index is 585. The second-order valence-electron chi connectivity index (χ2n) is 5.51. The monoisotopic (exact) mass is 361 g/mol. The predicted octanol–water partition coefficient (Wildman–Crippen LogP) is 3.71. The van der Waals surface area contributed by atoms with Gasteiger partial charge >= 0.3 is 11.5 Å². The molecule has 24 heavy (non-hydrogen) atoms. The van der Waals surface area contributed by atoms with Crippen LogP contribution in [0.3, 0.4) is 0 Å². The third-order valence-electron chi connectivity index (χ3n) is 3.42. The van der Waals surface area contributed by atoms with E-state index in [0.717, 1.165) is 12.8 Å². The van der Waals surface area contributed by atoms with E-state index in [4.69, 9.17) is 4.74 Å². The normalized spacial score (nSPS) is 14.3. The maximum atomic E-state index is 12.5. The fourth-order valence-electron chi connectivity index (χ4n) is 2.18. The van der Waals surface area contributed by atoms with Crippen LogP contribution in [-0.4, -0.2) is 42.0 Å². The number of amides is 1. The fraction of sp³-hybridized carbons (Fsp3) is 0.500. The van der Waals surface area contributed by atoms with Crippen molar-refractivity contribution < 1.29 is 27.5 Å². The van der Waals surface area contributed by atoms with Crippen LogP contribution in [0.1, 0.15) is 30.1 Å². The molecule has 1 aromatic rings. The van der Waals surface area contributed by atoms with E-state index in [9.17, 15) is 22.8 Å². The zero-order chi connectivity index (χ0) is 17.7. The number of hydrogen-bond donors (Lipinski definition) is 0. The number of carbonyl (C=O) groups is 2. The minimum atomic E-state index is -4.37. The molecule has 1 aromatic carbocycles. The van der Waals surface area contributed by atoms with Gasteiger partial charge in [0, 0.05) is 17.0 Å². The molecule has 2 rings (SSSR count). The highest BCUT2D eigenvalue weighted by atomic mass is 32.2.